The molecule has 23 heavy (non-hydrogen) atoms. The number of carbonyl (C=O) groups excluding carboxylic acids is 1. The van der Waals surface area contributed by atoms with E-state index < -0.39 is 5.54 Å². The molecule has 0 unspecified atom stereocenters. The maximum Gasteiger partial charge on any atom is 0.242 e. The highest BCUT2D eigenvalue weighted by atomic mass is 32.1. The van der Waals surface area contributed by atoms with Gasteiger partial charge in [0.15, 0.2) is 0 Å². The first-order valence-electron chi connectivity index (χ1n) is 8.78. The molecule has 1 amide bonds. The zero-order chi connectivity index (χ0) is 16.3. The van der Waals surface area contributed by atoms with Crippen LogP contribution in [0.1, 0.15) is 51.3 Å². The van der Waals surface area contributed by atoms with Crippen molar-refractivity contribution in [1.29, 1.82) is 0 Å². The highest BCUT2D eigenvalue weighted by Gasteiger charge is 2.38. The van der Waals surface area contributed by atoms with Gasteiger partial charge in [0.25, 0.3) is 0 Å². The van der Waals surface area contributed by atoms with E-state index in [4.69, 9.17) is 5.73 Å². The zero-order valence-electron chi connectivity index (χ0n) is 14.0. The largest absolute Gasteiger partial charge is 0.345 e. The van der Waals surface area contributed by atoms with Crippen molar-refractivity contribution in [2.75, 3.05) is 31.1 Å². The Morgan fingerprint density at radius 3 is 2.65 bits per heavy atom. The molecule has 0 atom stereocenters. The van der Waals surface area contributed by atoms with Gasteiger partial charge >= 0.3 is 0 Å². The molecule has 1 aliphatic carbocycles. The topological polar surface area (TPSA) is 75.4 Å². The first-order chi connectivity index (χ1) is 11.1. The van der Waals surface area contributed by atoms with E-state index in [2.05, 4.69) is 21.2 Å². The molecule has 1 aromatic rings. The highest BCUT2D eigenvalue weighted by Crippen LogP contribution is 2.28. The average Bonchev–Trinajstić information content (AvgIpc) is 2.92. The SMILES string of the molecule is CCc1nsc(N2CCCN(C(=O)C3(N)CCCCC3)CC2)n1. The maximum atomic E-state index is 12.9. The Balaban J connectivity index is 1.62. The van der Waals surface area contributed by atoms with Crippen LogP contribution < -0.4 is 10.6 Å². The molecule has 1 saturated heterocycles. The lowest BCUT2D eigenvalue weighted by Gasteiger charge is -2.36. The summed E-state index contributed by atoms with van der Waals surface area (Å²) in [5, 5.41) is 0.983. The lowest BCUT2D eigenvalue weighted by molar-refractivity contribution is -0.138. The van der Waals surface area contributed by atoms with Crippen LogP contribution in [0.5, 0.6) is 0 Å². The van der Waals surface area contributed by atoms with Crippen molar-refractivity contribution in [2.24, 2.45) is 5.73 Å². The van der Waals surface area contributed by atoms with Crippen molar-refractivity contribution >= 4 is 22.6 Å². The van der Waals surface area contributed by atoms with Crippen LogP contribution in [0.25, 0.3) is 0 Å². The van der Waals surface area contributed by atoms with Gasteiger partial charge in [0.1, 0.15) is 5.82 Å². The average molecular weight is 337 g/mol. The van der Waals surface area contributed by atoms with E-state index in [1.54, 1.807) is 0 Å². The Kier molecular flexibility index (Phi) is 5.16. The van der Waals surface area contributed by atoms with Crippen LogP contribution in [-0.2, 0) is 11.2 Å². The summed E-state index contributed by atoms with van der Waals surface area (Å²) in [6.45, 7) is 5.35. The molecule has 0 bridgehead atoms. The van der Waals surface area contributed by atoms with E-state index in [0.29, 0.717) is 0 Å². The summed E-state index contributed by atoms with van der Waals surface area (Å²) >= 11 is 1.46. The fourth-order valence-corrected chi connectivity index (χ4v) is 4.34. The summed E-state index contributed by atoms with van der Waals surface area (Å²) in [4.78, 5) is 21.7. The third-order valence-corrected chi connectivity index (χ3v) is 5.81. The second-order valence-corrected chi connectivity index (χ2v) is 7.43. The smallest absolute Gasteiger partial charge is 0.242 e. The monoisotopic (exact) mass is 337 g/mol. The molecule has 128 valence electrons. The number of aromatic nitrogens is 2. The molecule has 0 spiro atoms. The van der Waals surface area contributed by atoms with Gasteiger partial charge in [0.05, 0.1) is 5.54 Å². The molecule has 2 heterocycles. The standard InChI is InChI=1S/C16H27N5OS/c1-2-13-18-15(23-19-13)21-10-6-9-20(11-12-21)14(22)16(17)7-4-3-5-8-16/h2-12,17H2,1H3. The van der Waals surface area contributed by atoms with Gasteiger partial charge in [0, 0.05) is 44.1 Å². The second-order valence-electron chi connectivity index (χ2n) is 6.70. The van der Waals surface area contributed by atoms with Crippen molar-refractivity contribution in [3.63, 3.8) is 0 Å². The number of nitrogens with two attached hydrogens (primary N) is 1. The summed E-state index contributed by atoms with van der Waals surface area (Å²) in [6, 6.07) is 0. The molecule has 1 saturated carbocycles. The zero-order valence-corrected chi connectivity index (χ0v) is 14.8. The first kappa shape index (κ1) is 16.6. The van der Waals surface area contributed by atoms with Gasteiger partial charge in [-0.25, -0.2) is 4.98 Å². The quantitative estimate of drug-likeness (QED) is 0.910. The van der Waals surface area contributed by atoms with E-state index in [1.807, 2.05) is 4.90 Å². The van der Waals surface area contributed by atoms with Crippen molar-refractivity contribution in [3.8, 4) is 0 Å². The Labute approximate surface area is 142 Å². The molecule has 1 aliphatic heterocycles. The van der Waals surface area contributed by atoms with Gasteiger partial charge in [-0.1, -0.05) is 26.2 Å². The number of anilines is 1. The van der Waals surface area contributed by atoms with Crippen molar-refractivity contribution < 1.29 is 4.79 Å². The summed E-state index contributed by atoms with van der Waals surface area (Å²) in [5.74, 6) is 1.07. The van der Waals surface area contributed by atoms with E-state index in [9.17, 15) is 4.79 Å². The van der Waals surface area contributed by atoms with Gasteiger partial charge in [-0.3, -0.25) is 4.79 Å². The van der Waals surface area contributed by atoms with Crippen molar-refractivity contribution in [1.82, 2.24) is 14.3 Å². The van der Waals surface area contributed by atoms with Crippen molar-refractivity contribution in [2.45, 2.75) is 57.4 Å². The Hall–Kier alpha value is -1.21. The van der Waals surface area contributed by atoms with Gasteiger partial charge in [-0.15, -0.1) is 0 Å². The van der Waals surface area contributed by atoms with Crippen LogP contribution in [0.3, 0.4) is 0 Å². The third-order valence-electron chi connectivity index (χ3n) is 5.00. The van der Waals surface area contributed by atoms with Crippen LogP contribution >= 0.6 is 11.5 Å². The van der Waals surface area contributed by atoms with E-state index in [-0.39, 0.29) is 5.91 Å². The minimum atomic E-state index is -0.620. The van der Waals surface area contributed by atoms with E-state index in [1.165, 1.54) is 18.0 Å². The van der Waals surface area contributed by atoms with Crippen molar-refractivity contribution in [3.05, 3.63) is 5.82 Å². The molecule has 2 fully saturated rings. The van der Waals surface area contributed by atoms with Gasteiger partial charge in [-0.05, 0) is 19.3 Å². The fourth-order valence-electron chi connectivity index (χ4n) is 3.54. The van der Waals surface area contributed by atoms with Gasteiger partial charge in [0.2, 0.25) is 11.0 Å². The number of amides is 1. The predicted octanol–water partition coefficient (Wildman–Crippen LogP) is 1.80. The molecule has 2 N–H and O–H groups in total. The Morgan fingerprint density at radius 2 is 1.96 bits per heavy atom. The number of rotatable bonds is 3. The third kappa shape index (κ3) is 3.66. The normalized spacial score (nSPS) is 22.0. The molecule has 3 rings (SSSR count). The van der Waals surface area contributed by atoms with Crippen LogP contribution in [0, 0.1) is 0 Å². The molecular formula is C16H27N5OS. The van der Waals surface area contributed by atoms with Gasteiger partial charge < -0.3 is 15.5 Å². The predicted molar refractivity (Wildman–Crippen MR) is 92.7 cm³/mol. The Bertz CT molecular complexity index is 540. The van der Waals surface area contributed by atoms with E-state index >= 15 is 0 Å². The molecule has 0 aromatic carbocycles. The van der Waals surface area contributed by atoms with Crippen LogP contribution in [0.2, 0.25) is 0 Å². The summed E-state index contributed by atoms with van der Waals surface area (Å²) in [5.41, 5.74) is 5.81. The summed E-state index contributed by atoms with van der Waals surface area (Å²) < 4.78 is 4.37. The summed E-state index contributed by atoms with van der Waals surface area (Å²) in [6.07, 6.45) is 6.86. The van der Waals surface area contributed by atoms with Crippen LogP contribution in [0.15, 0.2) is 0 Å². The number of hydrogen-bond donors (Lipinski definition) is 1. The van der Waals surface area contributed by atoms with Crippen LogP contribution in [-0.4, -0.2) is 51.9 Å². The highest BCUT2D eigenvalue weighted by molar-refractivity contribution is 7.09. The van der Waals surface area contributed by atoms with Gasteiger partial charge in [-0.2, -0.15) is 4.37 Å². The lowest BCUT2D eigenvalue weighted by atomic mass is 9.81. The fraction of sp³-hybridized carbons (Fsp3) is 0.812. The first-order valence-corrected chi connectivity index (χ1v) is 9.55. The molecule has 7 heteroatoms. The molecular weight excluding hydrogens is 310 g/mol. The lowest BCUT2D eigenvalue weighted by Crippen LogP contribution is -2.56. The maximum absolute atomic E-state index is 12.9. The number of aryl methyl sites for hydroxylation is 1. The molecule has 1 aromatic heterocycles. The molecule has 0 radical (unpaired) electrons. The number of hydrogen-bond acceptors (Lipinski definition) is 6. The number of nitrogens with zero attached hydrogens (tertiary/aromatic N) is 4. The Morgan fingerprint density at radius 1 is 1.17 bits per heavy atom. The van der Waals surface area contributed by atoms with Crippen LogP contribution in [0.4, 0.5) is 5.13 Å². The second kappa shape index (κ2) is 7.13. The molecule has 6 nitrogen and oxygen atoms in total. The number of carbonyl (C=O) groups is 1. The minimum absolute atomic E-state index is 0.158. The minimum Gasteiger partial charge on any atom is -0.345 e. The molecule has 2 aliphatic rings. The summed E-state index contributed by atoms with van der Waals surface area (Å²) in [7, 11) is 0. The van der Waals surface area contributed by atoms with E-state index in [0.717, 1.165) is 75.7 Å².